The van der Waals surface area contributed by atoms with Gasteiger partial charge in [-0.1, -0.05) is 48.5 Å². The average Bonchev–Trinajstić information content (AvgIpc) is 2.47. The number of nitrogens with one attached hydrogen (secondary N) is 1. The lowest BCUT2D eigenvalue weighted by Crippen LogP contribution is -2.50. The fourth-order valence-corrected chi connectivity index (χ4v) is 2.29. The molecule has 0 spiro atoms. The molecule has 2 aromatic rings. The zero-order valence-corrected chi connectivity index (χ0v) is 10.4. The third-order valence-corrected chi connectivity index (χ3v) is 3.32. The molecule has 1 aliphatic rings. The lowest BCUT2D eigenvalue weighted by Gasteiger charge is -2.33. The van der Waals surface area contributed by atoms with E-state index in [1.807, 2.05) is 54.6 Å². The first-order valence-corrected chi connectivity index (χ1v) is 6.22. The SMILES string of the molecule is NC(c1ccccc1)N1Cc2ccccc2C(=O)N1. The number of carbonyl (C=O) groups is 1. The molecule has 1 aliphatic heterocycles. The summed E-state index contributed by atoms with van der Waals surface area (Å²) in [6, 6.07) is 17.3. The quantitative estimate of drug-likeness (QED) is 0.858. The minimum atomic E-state index is -0.349. The van der Waals surface area contributed by atoms with Crippen molar-refractivity contribution < 1.29 is 4.79 Å². The van der Waals surface area contributed by atoms with E-state index in [-0.39, 0.29) is 12.1 Å². The van der Waals surface area contributed by atoms with Gasteiger partial charge < -0.3 is 5.73 Å². The highest BCUT2D eigenvalue weighted by molar-refractivity contribution is 5.96. The fraction of sp³-hybridized carbons (Fsp3) is 0.133. The monoisotopic (exact) mass is 253 g/mol. The number of carbonyl (C=O) groups excluding carboxylic acids is 1. The molecular formula is C15H15N3O. The smallest absolute Gasteiger partial charge is 0.265 e. The van der Waals surface area contributed by atoms with Gasteiger partial charge in [0.2, 0.25) is 0 Å². The van der Waals surface area contributed by atoms with Crippen molar-refractivity contribution in [3.8, 4) is 0 Å². The molecule has 0 bridgehead atoms. The average molecular weight is 253 g/mol. The van der Waals surface area contributed by atoms with Crippen LogP contribution in [0.2, 0.25) is 0 Å². The lowest BCUT2D eigenvalue weighted by molar-refractivity contribution is 0.0607. The van der Waals surface area contributed by atoms with Crippen molar-refractivity contribution in [3.63, 3.8) is 0 Å². The van der Waals surface area contributed by atoms with E-state index in [0.29, 0.717) is 6.54 Å². The van der Waals surface area contributed by atoms with Crippen molar-refractivity contribution >= 4 is 5.91 Å². The van der Waals surface area contributed by atoms with Crippen LogP contribution in [0.1, 0.15) is 27.7 Å². The topological polar surface area (TPSA) is 58.4 Å². The molecule has 0 aliphatic carbocycles. The van der Waals surface area contributed by atoms with Crippen molar-refractivity contribution in [2.45, 2.75) is 12.7 Å². The summed E-state index contributed by atoms with van der Waals surface area (Å²) in [6.45, 7) is 0.609. The molecule has 0 radical (unpaired) electrons. The minimum absolute atomic E-state index is 0.103. The van der Waals surface area contributed by atoms with Crippen LogP contribution in [0, 0.1) is 0 Å². The second-order valence-corrected chi connectivity index (χ2v) is 4.58. The molecule has 1 atom stereocenters. The van der Waals surface area contributed by atoms with Crippen molar-refractivity contribution in [1.29, 1.82) is 0 Å². The number of benzene rings is 2. The lowest BCUT2D eigenvalue weighted by atomic mass is 10.0. The van der Waals surface area contributed by atoms with E-state index in [1.54, 1.807) is 5.01 Å². The van der Waals surface area contributed by atoms with E-state index >= 15 is 0 Å². The zero-order chi connectivity index (χ0) is 13.2. The van der Waals surface area contributed by atoms with Crippen LogP contribution >= 0.6 is 0 Å². The van der Waals surface area contributed by atoms with Gasteiger partial charge in [-0.25, -0.2) is 0 Å². The molecule has 4 nitrogen and oxygen atoms in total. The maximum Gasteiger partial charge on any atom is 0.265 e. The molecule has 4 heteroatoms. The Morgan fingerprint density at radius 1 is 1.05 bits per heavy atom. The summed E-state index contributed by atoms with van der Waals surface area (Å²) in [6.07, 6.45) is -0.349. The number of nitrogens with two attached hydrogens (primary N) is 1. The Morgan fingerprint density at radius 2 is 1.74 bits per heavy atom. The van der Waals surface area contributed by atoms with E-state index < -0.39 is 0 Å². The first-order valence-electron chi connectivity index (χ1n) is 6.22. The van der Waals surface area contributed by atoms with Gasteiger partial charge in [0.25, 0.3) is 5.91 Å². The number of fused-ring (bicyclic) bond motifs is 1. The number of nitrogens with zero attached hydrogens (tertiary/aromatic N) is 1. The van der Waals surface area contributed by atoms with Crippen LogP contribution in [0.3, 0.4) is 0 Å². The van der Waals surface area contributed by atoms with E-state index in [1.165, 1.54) is 0 Å². The highest BCUT2D eigenvalue weighted by atomic mass is 16.2. The van der Waals surface area contributed by atoms with Gasteiger partial charge in [0.15, 0.2) is 0 Å². The van der Waals surface area contributed by atoms with Crippen LogP contribution in [0.5, 0.6) is 0 Å². The molecule has 96 valence electrons. The molecule has 1 amide bonds. The van der Waals surface area contributed by atoms with Crippen molar-refractivity contribution in [2.75, 3.05) is 0 Å². The Labute approximate surface area is 111 Å². The maximum atomic E-state index is 12.0. The van der Waals surface area contributed by atoms with Gasteiger partial charge in [0.1, 0.15) is 6.17 Å². The van der Waals surface area contributed by atoms with Crippen LogP contribution in [0.15, 0.2) is 54.6 Å². The van der Waals surface area contributed by atoms with E-state index in [9.17, 15) is 4.79 Å². The first-order chi connectivity index (χ1) is 9.25. The number of hydrogen-bond acceptors (Lipinski definition) is 3. The molecule has 19 heavy (non-hydrogen) atoms. The number of rotatable bonds is 2. The molecule has 2 aromatic carbocycles. The van der Waals surface area contributed by atoms with Crippen LogP contribution in [0.4, 0.5) is 0 Å². The van der Waals surface area contributed by atoms with E-state index in [0.717, 1.165) is 16.7 Å². The second kappa shape index (κ2) is 4.84. The Hall–Kier alpha value is -2.17. The summed E-state index contributed by atoms with van der Waals surface area (Å²) in [5, 5.41) is 1.76. The van der Waals surface area contributed by atoms with Crippen LogP contribution in [0.25, 0.3) is 0 Å². The van der Waals surface area contributed by atoms with Gasteiger partial charge in [-0.05, 0) is 17.2 Å². The highest BCUT2D eigenvalue weighted by Gasteiger charge is 2.26. The van der Waals surface area contributed by atoms with Gasteiger partial charge in [0, 0.05) is 12.1 Å². The summed E-state index contributed by atoms with van der Waals surface area (Å²) in [4.78, 5) is 12.0. The maximum absolute atomic E-state index is 12.0. The Kier molecular flexibility index (Phi) is 3.03. The van der Waals surface area contributed by atoms with Gasteiger partial charge in [-0.2, -0.15) is 5.01 Å². The third-order valence-electron chi connectivity index (χ3n) is 3.32. The fourth-order valence-electron chi connectivity index (χ4n) is 2.29. The van der Waals surface area contributed by atoms with E-state index in [2.05, 4.69) is 5.43 Å². The largest absolute Gasteiger partial charge is 0.311 e. The summed E-state index contributed by atoms with van der Waals surface area (Å²) < 4.78 is 0. The molecular weight excluding hydrogens is 238 g/mol. The molecule has 1 heterocycles. The Bertz CT molecular complexity index is 597. The molecule has 0 saturated carbocycles. The van der Waals surface area contributed by atoms with Gasteiger partial charge in [-0.3, -0.25) is 10.2 Å². The van der Waals surface area contributed by atoms with Crippen molar-refractivity contribution in [3.05, 3.63) is 71.3 Å². The molecule has 0 aromatic heterocycles. The van der Waals surface area contributed by atoms with Crippen LogP contribution in [-0.2, 0) is 6.54 Å². The first kappa shape index (κ1) is 11.9. The summed E-state index contributed by atoms with van der Waals surface area (Å²) >= 11 is 0. The highest BCUT2D eigenvalue weighted by Crippen LogP contribution is 2.21. The standard InChI is InChI=1S/C15H15N3O/c16-14(11-6-2-1-3-7-11)18-10-12-8-4-5-9-13(12)15(19)17-18/h1-9,14H,10,16H2,(H,17,19). The molecule has 3 rings (SSSR count). The number of hydrazine groups is 1. The second-order valence-electron chi connectivity index (χ2n) is 4.58. The predicted octanol–water partition coefficient (Wildman–Crippen LogP) is 1.80. The molecule has 0 fully saturated rings. The summed E-state index contributed by atoms with van der Waals surface area (Å²) in [7, 11) is 0. The number of amides is 1. The van der Waals surface area contributed by atoms with Gasteiger partial charge in [0.05, 0.1) is 0 Å². The molecule has 1 unspecified atom stereocenters. The van der Waals surface area contributed by atoms with Crippen LogP contribution < -0.4 is 11.2 Å². The third kappa shape index (κ3) is 2.23. The normalized spacial score (nSPS) is 16.6. The van der Waals surface area contributed by atoms with Gasteiger partial charge >= 0.3 is 0 Å². The van der Waals surface area contributed by atoms with Crippen LogP contribution in [-0.4, -0.2) is 10.9 Å². The van der Waals surface area contributed by atoms with Gasteiger partial charge in [-0.15, -0.1) is 0 Å². The molecule has 3 N–H and O–H groups in total. The Balaban J connectivity index is 1.87. The number of hydrogen-bond donors (Lipinski definition) is 2. The zero-order valence-electron chi connectivity index (χ0n) is 10.4. The minimum Gasteiger partial charge on any atom is -0.311 e. The summed E-state index contributed by atoms with van der Waals surface area (Å²) in [5.41, 5.74) is 11.7. The summed E-state index contributed by atoms with van der Waals surface area (Å²) in [5.74, 6) is -0.103. The molecule has 0 saturated heterocycles. The Morgan fingerprint density at radius 3 is 2.53 bits per heavy atom. The van der Waals surface area contributed by atoms with Crippen molar-refractivity contribution in [1.82, 2.24) is 10.4 Å². The van der Waals surface area contributed by atoms with Crippen molar-refractivity contribution in [2.24, 2.45) is 5.73 Å². The van der Waals surface area contributed by atoms with E-state index in [4.69, 9.17) is 5.73 Å². The predicted molar refractivity (Wildman–Crippen MR) is 72.8 cm³/mol.